The zero-order valence-corrected chi connectivity index (χ0v) is 17.0. The lowest BCUT2D eigenvalue weighted by Gasteiger charge is -2.36. The Bertz CT molecular complexity index is 671. The van der Waals surface area contributed by atoms with Gasteiger partial charge in [-0.25, -0.2) is 4.79 Å². The van der Waals surface area contributed by atoms with Crippen LogP contribution in [0.4, 0.5) is 0 Å². The number of ether oxygens (including phenoxy) is 3. The molecule has 150 valence electrons. The SMILES string of the molecule is CC.COC(=O)c1ccc2c(c1)OCCN(C(=O)C1CCOC(C)(C)C1)C2. The van der Waals surface area contributed by atoms with Crippen LogP contribution in [-0.2, 0) is 20.8 Å². The molecule has 0 aromatic heterocycles. The highest BCUT2D eigenvalue weighted by atomic mass is 16.5. The molecule has 0 aliphatic carbocycles. The summed E-state index contributed by atoms with van der Waals surface area (Å²) in [6.45, 7) is 10.1. The number of hydrogen-bond acceptors (Lipinski definition) is 5. The maximum absolute atomic E-state index is 13.0. The molecule has 1 saturated heterocycles. The molecule has 2 aliphatic heterocycles. The van der Waals surface area contributed by atoms with Crippen LogP contribution in [0.3, 0.4) is 0 Å². The third kappa shape index (κ3) is 5.22. The van der Waals surface area contributed by atoms with Gasteiger partial charge in [-0.2, -0.15) is 0 Å². The minimum atomic E-state index is -0.395. The van der Waals surface area contributed by atoms with E-state index in [0.29, 0.717) is 37.6 Å². The number of nitrogens with zero attached hydrogens (tertiary/aromatic N) is 1. The van der Waals surface area contributed by atoms with Gasteiger partial charge in [0.1, 0.15) is 12.4 Å². The minimum Gasteiger partial charge on any atom is -0.491 e. The summed E-state index contributed by atoms with van der Waals surface area (Å²) in [6.07, 6.45) is 1.49. The topological polar surface area (TPSA) is 65.1 Å². The van der Waals surface area contributed by atoms with Crippen molar-refractivity contribution in [3.8, 4) is 5.75 Å². The highest BCUT2D eigenvalue weighted by molar-refractivity contribution is 5.90. The largest absolute Gasteiger partial charge is 0.491 e. The average Bonchev–Trinajstić information content (AvgIpc) is 2.89. The van der Waals surface area contributed by atoms with E-state index in [9.17, 15) is 9.59 Å². The molecule has 2 aliphatic rings. The number of fused-ring (bicyclic) bond motifs is 1. The van der Waals surface area contributed by atoms with Crippen molar-refractivity contribution in [2.24, 2.45) is 5.92 Å². The molecular weight excluding hydrogens is 346 g/mol. The first kappa shape index (κ1) is 21.2. The Morgan fingerprint density at radius 2 is 1.96 bits per heavy atom. The Hall–Kier alpha value is -2.08. The summed E-state index contributed by atoms with van der Waals surface area (Å²) in [6, 6.07) is 5.23. The van der Waals surface area contributed by atoms with E-state index in [1.165, 1.54) is 7.11 Å². The average molecular weight is 377 g/mol. The molecule has 1 fully saturated rings. The van der Waals surface area contributed by atoms with E-state index in [0.717, 1.165) is 18.4 Å². The fourth-order valence-corrected chi connectivity index (χ4v) is 3.50. The van der Waals surface area contributed by atoms with Crippen LogP contribution >= 0.6 is 0 Å². The van der Waals surface area contributed by atoms with Gasteiger partial charge in [0.25, 0.3) is 0 Å². The molecule has 0 spiro atoms. The first-order valence-electron chi connectivity index (χ1n) is 9.66. The fraction of sp³-hybridized carbons (Fsp3) is 0.619. The number of methoxy groups -OCH3 is 1. The molecule has 0 bridgehead atoms. The predicted molar refractivity (Wildman–Crippen MR) is 103 cm³/mol. The molecule has 2 heterocycles. The lowest BCUT2D eigenvalue weighted by Crippen LogP contribution is -2.43. The second-order valence-corrected chi connectivity index (χ2v) is 7.22. The minimum absolute atomic E-state index is 0.0142. The second-order valence-electron chi connectivity index (χ2n) is 7.22. The highest BCUT2D eigenvalue weighted by Gasteiger charge is 2.35. The van der Waals surface area contributed by atoms with E-state index in [1.807, 2.05) is 38.7 Å². The molecule has 1 amide bonds. The number of carbonyl (C=O) groups excluding carboxylic acids is 2. The standard InChI is InChI=1S/C19H25NO5.C2H6/c1-19(2)11-14(6-8-25-19)17(21)20-7-9-24-16-10-13(18(22)23-3)4-5-15(16)12-20;1-2/h4-5,10,14H,6-9,11-12H2,1-3H3;1-2H3. The van der Waals surface area contributed by atoms with Crippen LogP contribution in [0.5, 0.6) is 5.75 Å². The van der Waals surface area contributed by atoms with Gasteiger partial charge in [0.05, 0.1) is 24.8 Å². The van der Waals surface area contributed by atoms with Crippen LogP contribution in [0.25, 0.3) is 0 Å². The van der Waals surface area contributed by atoms with Gasteiger partial charge in [0.2, 0.25) is 5.91 Å². The van der Waals surface area contributed by atoms with Crippen LogP contribution in [0.1, 0.15) is 56.5 Å². The molecule has 1 aromatic rings. The van der Waals surface area contributed by atoms with Crippen LogP contribution in [-0.4, -0.2) is 49.2 Å². The smallest absolute Gasteiger partial charge is 0.337 e. The third-order valence-corrected chi connectivity index (χ3v) is 4.83. The molecule has 0 N–H and O–H groups in total. The molecular formula is C21H31NO5. The Balaban J connectivity index is 0.00000126. The van der Waals surface area contributed by atoms with Gasteiger partial charge < -0.3 is 19.1 Å². The summed E-state index contributed by atoms with van der Waals surface area (Å²) in [4.78, 5) is 26.5. The molecule has 6 nitrogen and oxygen atoms in total. The molecule has 3 rings (SSSR count). The number of benzene rings is 1. The zero-order valence-electron chi connectivity index (χ0n) is 17.0. The van der Waals surface area contributed by atoms with Crippen LogP contribution < -0.4 is 4.74 Å². The van der Waals surface area contributed by atoms with Gasteiger partial charge in [-0.1, -0.05) is 19.9 Å². The van der Waals surface area contributed by atoms with Crippen LogP contribution in [0, 0.1) is 5.92 Å². The molecule has 0 saturated carbocycles. The summed E-state index contributed by atoms with van der Waals surface area (Å²) >= 11 is 0. The van der Waals surface area contributed by atoms with Gasteiger partial charge in [-0.05, 0) is 38.8 Å². The lowest BCUT2D eigenvalue weighted by molar-refractivity contribution is -0.146. The van der Waals surface area contributed by atoms with Crippen molar-refractivity contribution in [1.29, 1.82) is 0 Å². The van der Waals surface area contributed by atoms with Gasteiger partial charge in [0, 0.05) is 24.6 Å². The third-order valence-electron chi connectivity index (χ3n) is 4.83. The molecule has 6 heteroatoms. The highest BCUT2D eigenvalue weighted by Crippen LogP contribution is 2.31. The van der Waals surface area contributed by atoms with E-state index in [1.54, 1.807) is 12.1 Å². The van der Waals surface area contributed by atoms with E-state index in [-0.39, 0.29) is 17.4 Å². The quantitative estimate of drug-likeness (QED) is 0.739. The summed E-state index contributed by atoms with van der Waals surface area (Å²) in [5.74, 6) is 0.392. The number of rotatable bonds is 2. The van der Waals surface area contributed by atoms with Gasteiger partial charge >= 0.3 is 5.97 Å². The Labute approximate surface area is 161 Å². The summed E-state index contributed by atoms with van der Waals surface area (Å²) in [7, 11) is 1.35. The predicted octanol–water partition coefficient (Wildman–Crippen LogP) is 3.43. The fourth-order valence-electron chi connectivity index (χ4n) is 3.50. The monoisotopic (exact) mass is 377 g/mol. The van der Waals surface area contributed by atoms with Crippen molar-refractivity contribution < 1.29 is 23.8 Å². The van der Waals surface area contributed by atoms with E-state index in [2.05, 4.69) is 0 Å². The maximum Gasteiger partial charge on any atom is 0.337 e. The summed E-state index contributed by atoms with van der Waals surface area (Å²) in [5.41, 5.74) is 1.10. The number of hydrogen-bond donors (Lipinski definition) is 0. The summed E-state index contributed by atoms with van der Waals surface area (Å²) in [5, 5.41) is 0. The normalized spacial score (nSPS) is 20.9. The number of carbonyl (C=O) groups is 2. The Kier molecular flexibility index (Phi) is 7.25. The second kappa shape index (κ2) is 9.22. The van der Waals surface area contributed by atoms with Crippen molar-refractivity contribution in [3.63, 3.8) is 0 Å². The molecule has 27 heavy (non-hydrogen) atoms. The van der Waals surface area contributed by atoms with Crippen molar-refractivity contribution in [2.45, 2.75) is 52.7 Å². The van der Waals surface area contributed by atoms with Gasteiger partial charge in [0.15, 0.2) is 0 Å². The van der Waals surface area contributed by atoms with Crippen molar-refractivity contribution >= 4 is 11.9 Å². The van der Waals surface area contributed by atoms with Crippen LogP contribution in [0.15, 0.2) is 18.2 Å². The van der Waals surface area contributed by atoms with Gasteiger partial charge in [-0.3, -0.25) is 4.79 Å². The first-order valence-corrected chi connectivity index (χ1v) is 9.66. The van der Waals surface area contributed by atoms with E-state index < -0.39 is 5.97 Å². The number of amides is 1. The van der Waals surface area contributed by atoms with Crippen molar-refractivity contribution in [3.05, 3.63) is 29.3 Å². The maximum atomic E-state index is 13.0. The molecule has 1 aromatic carbocycles. The molecule has 1 atom stereocenters. The number of esters is 1. The first-order chi connectivity index (χ1) is 12.9. The van der Waals surface area contributed by atoms with Crippen molar-refractivity contribution in [2.75, 3.05) is 26.9 Å². The summed E-state index contributed by atoms with van der Waals surface area (Å²) < 4.78 is 16.2. The van der Waals surface area contributed by atoms with Gasteiger partial charge in [-0.15, -0.1) is 0 Å². The van der Waals surface area contributed by atoms with Crippen molar-refractivity contribution in [1.82, 2.24) is 4.90 Å². The van der Waals surface area contributed by atoms with Crippen LogP contribution in [0.2, 0.25) is 0 Å². The molecule has 1 unspecified atom stereocenters. The van der Waals surface area contributed by atoms with E-state index >= 15 is 0 Å². The zero-order chi connectivity index (χ0) is 20.0. The lowest BCUT2D eigenvalue weighted by atomic mass is 9.87. The Morgan fingerprint density at radius 1 is 1.22 bits per heavy atom. The molecule has 0 radical (unpaired) electrons. The Morgan fingerprint density at radius 3 is 2.63 bits per heavy atom. The van der Waals surface area contributed by atoms with E-state index in [4.69, 9.17) is 14.2 Å².